The van der Waals surface area contributed by atoms with Crippen LogP contribution in [0.3, 0.4) is 0 Å². The minimum Gasteiger partial charge on any atom is -0.194 e. The third-order valence-corrected chi connectivity index (χ3v) is 1.03. The Morgan fingerprint density at radius 3 is 2.25 bits per heavy atom. The zero-order valence-corrected chi connectivity index (χ0v) is 5.92. The van der Waals surface area contributed by atoms with E-state index in [4.69, 9.17) is 0 Å². The van der Waals surface area contributed by atoms with Crippen LogP contribution in [0.5, 0.6) is 0 Å². The van der Waals surface area contributed by atoms with Crippen molar-refractivity contribution in [2.45, 2.75) is 17.7 Å². The molecule has 3 heteroatoms. The molecule has 0 aliphatic heterocycles. The van der Waals surface area contributed by atoms with Crippen molar-refractivity contribution in [3.05, 3.63) is 12.7 Å². The van der Waals surface area contributed by atoms with E-state index in [1.165, 1.54) is 6.08 Å². The molecule has 0 unspecified atom stereocenters. The fourth-order valence-corrected chi connectivity index (χ4v) is 0.495. The summed E-state index contributed by atoms with van der Waals surface area (Å²) in [6, 6.07) is 0. The Bertz CT molecular complexity index is 75.0. The van der Waals surface area contributed by atoms with E-state index in [9.17, 15) is 8.78 Å². The molecule has 0 atom stereocenters. The Labute approximate surface area is 55.7 Å². The van der Waals surface area contributed by atoms with E-state index in [0.29, 0.717) is 6.42 Å². The van der Waals surface area contributed by atoms with Crippen LogP contribution in [0.15, 0.2) is 12.7 Å². The van der Waals surface area contributed by atoms with E-state index in [2.05, 4.69) is 22.5 Å². The highest BCUT2D eigenvalue weighted by Crippen LogP contribution is 2.26. The third-order valence-electron chi connectivity index (χ3n) is 0.632. The predicted molar refractivity (Wildman–Crippen MR) is 33.3 cm³/mol. The number of hydrogen-bond donors (Lipinski definition) is 0. The molecule has 0 heterocycles. The SMILES string of the molecule is C=CCCC(F)(F)Br. The predicted octanol–water partition coefficient (Wildman–Crippen LogP) is 2.94. The van der Waals surface area contributed by atoms with Crippen LogP contribution >= 0.6 is 15.9 Å². The maximum Gasteiger partial charge on any atom is 0.301 e. The molecule has 0 bridgehead atoms. The topological polar surface area (TPSA) is 0 Å². The van der Waals surface area contributed by atoms with Gasteiger partial charge in [-0.25, -0.2) is 0 Å². The van der Waals surface area contributed by atoms with Crippen LogP contribution < -0.4 is 0 Å². The lowest BCUT2D eigenvalue weighted by atomic mass is 10.3. The molecule has 0 aromatic carbocycles. The van der Waals surface area contributed by atoms with Crippen LogP contribution in [0, 0.1) is 0 Å². The molecule has 0 N–H and O–H groups in total. The van der Waals surface area contributed by atoms with Gasteiger partial charge < -0.3 is 0 Å². The number of alkyl halides is 3. The van der Waals surface area contributed by atoms with Gasteiger partial charge in [0.15, 0.2) is 0 Å². The molecule has 0 saturated carbocycles. The highest BCUT2D eigenvalue weighted by atomic mass is 79.9. The van der Waals surface area contributed by atoms with E-state index in [-0.39, 0.29) is 6.42 Å². The van der Waals surface area contributed by atoms with E-state index in [0.717, 1.165) is 0 Å². The third kappa shape index (κ3) is 6.08. The fourth-order valence-electron chi connectivity index (χ4n) is 0.266. The second-order valence-corrected chi connectivity index (χ2v) is 2.60. The van der Waals surface area contributed by atoms with Gasteiger partial charge in [-0.1, -0.05) is 6.08 Å². The first-order chi connectivity index (χ1) is 3.56. The van der Waals surface area contributed by atoms with Crippen LogP contribution in [0.1, 0.15) is 12.8 Å². The summed E-state index contributed by atoms with van der Waals surface area (Å²) in [5, 5.41) is 0. The van der Waals surface area contributed by atoms with Crippen molar-refractivity contribution in [1.29, 1.82) is 0 Å². The zero-order chi connectivity index (χ0) is 6.62. The Morgan fingerprint density at radius 1 is 1.62 bits per heavy atom. The molecule has 0 aromatic heterocycles. The van der Waals surface area contributed by atoms with Gasteiger partial charge in [0.2, 0.25) is 0 Å². The lowest BCUT2D eigenvalue weighted by Crippen LogP contribution is -2.02. The fraction of sp³-hybridized carbons (Fsp3) is 0.600. The smallest absolute Gasteiger partial charge is 0.194 e. The van der Waals surface area contributed by atoms with Gasteiger partial charge in [-0.15, -0.1) is 6.58 Å². The Kier molecular flexibility index (Phi) is 3.21. The summed E-state index contributed by atoms with van der Waals surface area (Å²) >= 11 is 2.20. The Morgan fingerprint density at radius 2 is 2.12 bits per heavy atom. The highest BCUT2D eigenvalue weighted by molar-refractivity contribution is 9.09. The van der Waals surface area contributed by atoms with E-state index < -0.39 is 4.83 Å². The summed E-state index contributed by atoms with van der Waals surface area (Å²) in [5.74, 6) is 0. The van der Waals surface area contributed by atoms with Crippen molar-refractivity contribution in [3.8, 4) is 0 Å². The van der Waals surface area contributed by atoms with Crippen LogP contribution in [-0.4, -0.2) is 4.83 Å². The van der Waals surface area contributed by atoms with Crippen molar-refractivity contribution in [2.75, 3.05) is 0 Å². The molecular weight excluding hydrogens is 178 g/mol. The van der Waals surface area contributed by atoms with Crippen molar-refractivity contribution < 1.29 is 8.78 Å². The van der Waals surface area contributed by atoms with Gasteiger partial charge >= 0.3 is 4.83 Å². The summed E-state index contributed by atoms with van der Waals surface area (Å²) in [4.78, 5) is -2.71. The summed E-state index contributed by atoms with van der Waals surface area (Å²) in [7, 11) is 0. The van der Waals surface area contributed by atoms with E-state index in [1.54, 1.807) is 0 Å². The molecule has 0 aliphatic rings. The monoisotopic (exact) mass is 184 g/mol. The molecule has 48 valence electrons. The Balaban J connectivity index is 3.24. The van der Waals surface area contributed by atoms with Crippen molar-refractivity contribution in [2.24, 2.45) is 0 Å². The number of halogens is 3. The lowest BCUT2D eigenvalue weighted by molar-refractivity contribution is 0.106. The molecule has 0 amide bonds. The first-order valence-electron chi connectivity index (χ1n) is 2.24. The molecule has 0 spiro atoms. The standard InChI is InChI=1S/C5H7BrF2/c1-2-3-4-5(6,7)8/h2H,1,3-4H2. The maximum absolute atomic E-state index is 11.8. The molecule has 0 saturated heterocycles. The molecule has 0 fully saturated rings. The first kappa shape index (κ1) is 8.08. The van der Waals surface area contributed by atoms with E-state index >= 15 is 0 Å². The van der Waals surface area contributed by atoms with Crippen LogP contribution in [0.25, 0.3) is 0 Å². The molecule has 0 rings (SSSR count). The minimum atomic E-state index is -2.71. The van der Waals surface area contributed by atoms with Gasteiger partial charge in [0.05, 0.1) is 0 Å². The second-order valence-electron chi connectivity index (χ2n) is 1.44. The van der Waals surface area contributed by atoms with Crippen LogP contribution in [0.4, 0.5) is 8.78 Å². The normalized spacial score (nSPS) is 11.4. The summed E-state index contributed by atoms with van der Waals surface area (Å²) < 4.78 is 23.6. The summed E-state index contributed by atoms with van der Waals surface area (Å²) in [6.45, 7) is 3.31. The van der Waals surface area contributed by atoms with Gasteiger partial charge in [-0.2, -0.15) is 8.78 Å². The molecule has 0 radical (unpaired) electrons. The number of allylic oxidation sites excluding steroid dienone is 1. The van der Waals surface area contributed by atoms with Gasteiger partial charge in [-0.05, 0) is 22.4 Å². The lowest BCUT2D eigenvalue weighted by Gasteiger charge is -2.03. The van der Waals surface area contributed by atoms with Crippen molar-refractivity contribution in [1.82, 2.24) is 0 Å². The molecule has 0 aromatic rings. The quantitative estimate of drug-likeness (QED) is 0.468. The van der Waals surface area contributed by atoms with E-state index in [1.807, 2.05) is 0 Å². The molecule has 0 aliphatic carbocycles. The largest absolute Gasteiger partial charge is 0.301 e. The minimum absolute atomic E-state index is 0.170. The van der Waals surface area contributed by atoms with Crippen molar-refractivity contribution in [3.63, 3.8) is 0 Å². The van der Waals surface area contributed by atoms with Gasteiger partial charge in [0.25, 0.3) is 0 Å². The maximum atomic E-state index is 11.8. The molecular formula is C5H7BrF2. The first-order valence-corrected chi connectivity index (χ1v) is 3.03. The average molecular weight is 185 g/mol. The van der Waals surface area contributed by atoms with Gasteiger partial charge in [0, 0.05) is 6.42 Å². The zero-order valence-electron chi connectivity index (χ0n) is 4.33. The summed E-state index contributed by atoms with van der Waals surface area (Å²) in [6.07, 6.45) is 1.64. The van der Waals surface area contributed by atoms with Crippen LogP contribution in [0.2, 0.25) is 0 Å². The summed E-state index contributed by atoms with van der Waals surface area (Å²) in [5.41, 5.74) is 0. The Hall–Kier alpha value is 0.0800. The van der Waals surface area contributed by atoms with Crippen LogP contribution in [-0.2, 0) is 0 Å². The average Bonchev–Trinajstić information content (AvgIpc) is 1.59. The van der Waals surface area contributed by atoms with Gasteiger partial charge in [-0.3, -0.25) is 0 Å². The second kappa shape index (κ2) is 3.17. The van der Waals surface area contributed by atoms with Gasteiger partial charge in [0.1, 0.15) is 0 Å². The molecule has 8 heavy (non-hydrogen) atoms. The molecule has 0 nitrogen and oxygen atoms in total. The number of hydrogen-bond acceptors (Lipinski definition) is 0. The highest BCUT2D eigenvalue weighted by Gasteiger charge is 2.21. The van der Waals surface area contributed by atoms with Crippen molar-refractivity contribution >= 4 is 15.9 Å². The number of rotatable bonds is 3.